The number of methoxy groups -OCH3 is 7. The summed E-state index contributed by atoms with van der Waals surface area (Å²) in [6, 6.07) is 10.2. The van der Waals surface area contributed by atoms with Crippen molar-refractivity contribution in [2.75, 3.05) is 83.7 Å². The van der Waals surface area contributed by atoms with Crippen molar-refractivity contribution in [3.05, 3.63) is 63.7 Å². The Morgan fingerprint density at radius 1 is 0.611 bits per heavy atom. The van der Waals surface area contributed by atoms with Gasteiger partial charge in [-0.3, -0.25) is 9.80 Å². The first-order chi connectivity index (χ1) is 26.3. The molecule has 0 N–H and O–H groups in total. The van der Waals surface area contributed by atoms with Gasteiger partial charge in [-0.25, -0.2) is 0 Å². The van der Waals surface area contributed by atoms with E-state index in [1.54, 1.807) is 49.8 Å². The number of benzene rings is 4. The summed E-state index contributed by atoms with van der Waals surface area (Å²) >= 11 is 0. The van der Waals surface area contributed by atoms with Gasteiger partial charge in [0.15, 0.2) is 46.0 Å². The van der Waals surface area contributed by atoms with Crippen LogP contribution in [0.2, 0.25) is 0 Å². The lowest BCUT2D eigenvalue weighted by Crippen LogP contribution is -2.36. The third-order valence-electron chi connectivity index (χ3n) is 11.5. The lowest BCUT2D eigenvalue weighted by Gasteiger charge is -2.41. The van der Waals surface area contributed by atoms with Crippen molar-refractivity contribution in [1.29, 1.82) is 0 Å². The Labute approximate surface area is 316 Å². The summed E-state index contributed by atoms with van der Waals surface area (Å²) < 4.78 is 60.1. The molecule has 0 unspecified atom stereocenters. The Morgan fingerprint density at radius 3 is 1.96 bits per heavy atom. The normalized spacial score (nSPS) is 18.2. The molecule has 4 aliphatic rings. The fourth-order valence-electron chi connectivity index (χ4n) is 8.87. The van der Waals surface area contributed by atoms with E-state index < -0.39 is 0 Å². The maximum absolute atomic E-state index is 6.81. The zero-order valence-corrected chi connectivity index (χ0v) is 32.5. The van der Waals surface area contributed by atoms with Gasteiger partial charge in [-0.1, -0.05) is 0 Å². The molecular formula is C42H48N2O10. The van der Waals surface area contributed by atoms with Crippen molar-refractivity contribution in [3.8, 4) is 74.4 Å². The molecule has 286 valence electrons. The predicted molar refractivity (Wildman–Crippen MR) is 202 cm³/mol. The minimum absolute atomic E-state index is 0.00798. The molecule has 1 aliphatic carbocycles. The molecule has 0 fully saturated rings. The van der Waals surface area contributed by atoms with Crippen LogP contribution in [0, 0.1) is 0 Å². The molecule has 12 heteroatoms. The molecule has 0 bridgehead atoms. The molecule has 0 amide bonds. The summed E-state index contributed by atoms with van der Waals surface area (Å²) in [7, 11) is 15.9. The number of likely N-dealkylation sites (N-methyl/N-ethyl adjacent to an activating group) is 2. The number of hydrogen-bond donors (Lipinski definition) is 0. The van der Waals surface area contributed by atoms with Crippen molar-refractivity contribution < 1.29 is 47.4 Å². The Kier molecular flexibility index (Phi) is 9.43. The third kappa shape index (κ3) is 5.57. The smallest absolute Gasteiger partial charge is 0.231 e. The van der Waals surface area contributed by atoms with Crippen LogP contribution in [0.3, 0.4) is 0 Å². The summed E-state index contributed by atoms with van der Waals surface area (Å²) in [5, 5.41) is 0. The van der Waals surface area contributed by atoms with Crippen molar-refractivity contribution >= 4 is 0 Å². The Hall–Kier alpha value is -5.20. The van der Waals surface area contributed by atoms with Gasteiger partial charge in [-0.2, -0.15) is 0 Å². The Balaban J connectivity index is 1.21. The number of rotatable bonds is 11. The largest absolute Gasteiger partial charge is 0.496 e. The molecule has 3 heterocycles. The van der Waals surface area contributed by atoms with Gasteiger partial charge in [0, 0.05) is 47.9 Å². The molecule has 12 nitrogen and oxygen atoms in total. The molecule has 8 rings (SSSR count). The highest BCUT2D eigenvalue weighted by Gasteiger charge is 2.40. The molecule has 3 aliphatic heterocycles. The van der Waals surface area contributed by atoms with Crippen LogP contribution in [-0.4, -0.2) is 93.5 Å². The summed E-state index contributed by atoms with van der Waals surface area (Å²) in [5.74, 6) is 7.02. The van der Waals surface area contributed by atoms with Crippen LogP contribution in [-0.2, 0) is 25.7 Å². The molecular weight excluding hydrogens is 692 g/mol. The van der Waals surface area contributed by atoms with E-state index in [1.807, 2.05) is 18.2 Å². The van der Waals surface area contributed by atoms with Crippen LogP contribution in [0.25, 0.3) is 11.1 Å². The average Bonchev–Trinajstić information content (AvgIpc) is 3.69. The van der Waals surface area contributed by atoms with E-state index in [9.17, 15) is 0 Å². The first-order valence-electron chi connectivity index (χ1n) is 18.2. The van der Waals surface area contributed by atoms with Gasteiger partial charge in [0.25, 0.3) is 0 Å². The van der Waals surface area contributed by atoms with Crippen molar-refractivity contribution in [2.45, 2.75) is 37.8 Å². The maximum atomic E-state index is 6.81. The molecule has 0 saturated carbocycles. The second-order valence-corrected chi connectivity index (χ2v) is 14.1. The van der Waals surface area contributed by atoms with Crippen LogP contribution in [0.5, 0.6) is 63.2 Å². The average molecular weight is 741 g/mol. The standard InChI is InChI=1S/C42H48N2O10/c1-43-12-10-24-27(19-35(48-6)40-39(24)52-21-53-40)28(43)15-23-17-34(32(47-5)20-30(23)45-3)54-33-16-22-14-29-36-25(11-13-44(29)2)38(49-7)42(51-9)41(50-8)37(36)26(22)18-31(33)46-4/h16-20,28-29H,10-15,21H2,1-9H3/t28-,29+/m1/s1. The SMILES string of the molecule is COc1cc(OC)c(Oc2cc3c(cc2OC)-c2c(OC)c(OC)c(OC)c4c2[C@H](C3)N(C)CC4)cc1C[C@@H]1c2cc(OC)c3c(c2CCN1C)OCO3. The maximum Gasteiger partial charge on any atom is 0.231 e. The predicted octanol–water partition coefficient (Wildman–Crippen LogP) is 6.79. The van der Waals surface area contributed by atoms with E-state index in [-0.39, 0.29) is 18.9 Å². The highest BCUT2D eigenvalue weighted by molar-refractivity contribution is 5.87. The number of ether oxygens (including phenoxy) is 10. The molecule has 4 aromatic rings. The molecule has 0 aromatic heterocycles. The topological polar surface area (TPSA) is 98.8 Å². The highest BCUT2D eigenvalue weighted by atomic mass is 16.7. The van der Waals surface area contributed by atoms with Crippen LogP contribution < -0.4 is 47.4 Å². The molecule has 2 atom stereocenters. The highest BCUT2D eigenvalue weighted by Crippen LogP contribution is 2.58. The van der Waals surface area contributed by atoms with Crippen LogP contribution in [0.1, 0.15) is 45.5 Å². The van der Waals surface area contributed by atoms with Gasteiger partial charge in [-0.15, -0.1) is 0 Å². The minimum Gasteiger partial charge on any atom is -0.496 e. The summed E-state index contributed by atoms with van der Waals surface area (Å²) in [6.07, 6.45) is 3.09. The minimum atomic E-state index is 0.00798. The number of nitrogens with zero attached hydrogens (tertiary/aromatic N) is 2. The van der Waals surface area contributed by atoms with Crippen LogP contribution in [0.15, 0.2) is 30.3 Å². The molecule has 54 heavy (non-hydrogen) atoms. The molecule has 0 spiro atoms. The summed E-state index contributed by atoms with van der Waals surface area (Å²) in [5.41, 5.74) is 8.73. The second kappa shape index (κ2) is 14.2. The van der Waals surface area contributed by atoms with E-state index in [1.165, 1.54) is 5.56 Å². The van der Waals surface area contributed by atoms with E-state index in [0.29, 0.717) is 58.2 Å². The van der Waals surface area contributed by atoms with E-state index in [4.69, 9.17) is 47.4 Å². The first-order valence-corrected chi connectivity index (χ1v) is 18.2. The van der Waals surface area contributed by atoms with E-state index in [0.717, 1.165) is 82.8 Å². The lowest BCUT2D eigenvalue weighted by atomic mass is 9.76. The van der Waals surface area contributed by atoms with Gasteiger partial charge in [0.2, 0.25) is 18.3 Å². The number of fused-ring (bicyclic) bond motifs is 5. The second-order valence-electron chi connectivity index (χ2n) is 14.1. The zero-order valence-electron chi connectivity index (χ0n) is 32.5. The molecule has 0 saturated heterocycles. The fraction of sp³-hybridized carbons (Fsp3) is 0.429. The van der Waals surface area contributed by atoms with Gasteiger partial charge in [0.1, 0.15) is 5.75 Å². The summed E-state index contributed by atoms with van der Waals surface area (Å²) in [4.78, 5) is 4.75. The van der Waals surface area contributed by atoms with Crippen molar-refractivity contribution in [2.24, 2.45) is 0 Å². The van der Waals surface area contributed by atoms with Gasteiger partial charge in [0.05, 0.1) is 49.8 Å². The fourth-order valence-corrected chi connectivity index (χ4v) is 8.87. The van der Waals surface area contributed by atoms with Crippen LogP contribution >= 0.6 is 0 Å². The van der Waals surface area contributed by atoms with Gasteiger partial charge >= 0.3 is 0 Å². The zero-order chi connectivity index (χ0) is 37.8. The van der Waals surface area contributed by atoms with E-state index in [2.05, 4.69) is 36.0 Å². The van der Waals surface area contributed by atoms with Gasteiger partial charge < -0.3 is 47.4 Å². The van der Waals surface area contributed by atoms with E-state index >= 15 is 0 Å². The van der Waals surface area contributed by atoms with Crippen molar-refractivity contribution in [3.63, 3.8) is 0 Å². The quantitative estimate of drug-likeness (QED) is 0.162. The Morgan fingerprint density at radius 2 is 1.26 bits per heavy atom. The molecule has 4 aromatic carbocycles. The van der Waals surface area contributed by atoms with Crippen LogP contribution in [0.4, 0.5) is 0 Å². The van der Waals surface area contributed by atoms with Crippen molar-refractivity contribution in [1.82, 2.24) is 9.80 Å². The van der Waals surface area contributed by atoms with Gasteiger partial charge in [-0.05, 0) is 91.9 Å². The monoisotopic (exact) mass is 740 g/mol. The molecule has 0 radical (unpaired) electrons. The summed E-state index contributed by atoms with van der Waals surface area (Å²) in [6.45, 7) is 1.93. The number of hydrogen-bond acceptors (Lipinski definition) is 12. The third-order valence-corrected chi connectivity index (χ3v) is 11.5. The Bertz CT molecular complexity index is 2120. The first kappa shape index (κ1) is 35.8. The lowest BCUT2D eigenvalue weighted by molar-refractivity contribution is 0.169.